The quantitative estimate of drug-likeness (QED) is 0.826. The fourth-order valence-electron chi connectivity index (χ4n) is 2.17. The molecule has 0 radical (unpaired) electrons. The van der Waals surface area contributed by atoms with Crippen LogP contribution in [0, 0.1) is 5.92 Å². The third-order valence-corrected chi connectivity index (χ3v) is 3.14. The first-order valence-electron chi connectivity index (χ1n) is 5.99. The van der Waals surface area contributed by atoms with E-state index in [2.05, 4.69) is 19.2 Å². The van der Waals surface area contributed by atoms with Gasteiger partial charge in [-0.15, -0.1) is 12.4 Å². The van der Waals surface area contributed by atoms with Gasteiger partial charge in [0.1, 0.15) is 0 Å². The number of amides is 1. The summed E-state index contributed by atoms with van der Waals surface area (Å²) in [6.45, 7) is 4.21. The summed E-state index contributed by atoms with van der Waals surface area (Å²) < 4.78 is 0. The van der Waals surface area contributed by atoms with Gasteiger partial charge < -0.3 is 10.2 Å². The van der Waals surface area contributed by atoms with E-state index >= 15 is 0 Å². The zero-order valence-corrected chi connectivity index (χ0v) is 11.6. The highest BCUT2D eigenvalue weighted by molar-refractivity contribution is 5.85. The average Bonchev–Trinajstić information content (AvgIpc) is 2.64. The minimum absolute atomic E-state index is 0. The molecule has 1 unspecified atom stereocenters. The van der Waals surface area contributed by atoms with E-state index in [1.54, 1.807) is 4.90 Å². The fourth-order valence-corrected chi connectivity index (χ4v) is 2.17. The summed E-state index contributed by atoms with van der Waals surface area (Å²) in [5.74, 6) is 0.567. The molecule has 1 rings (SSSR count). The molecule has 1 fully saturated rings. The standard InChI is InChI=1S/C12H24N2O.ClH/c1-9(2)11(12(15)14(3)4)13-10-7-5-6-8-10;/h9-11,13H,5-8H2,1-4H3;1H. The van der Waals surface area contributed by atoms with Crippen LogP contribution in [0.1, 0.15) is 39.5 Å². The van der Waals surface area contributed by atoms with Crippen LogP contribution in [0.3, 0.4) is 0 Å². The Balaban J connectivity index is 0.00000225. The highest BCUT2D eigenvalue weighted by Crippen LogP contribution is 2.19. The SMILES string of the molecule is CC(C)C(NC1CCCC1)C(=O)N(C)C.Cl. The molecular formula is C12H25ClN2O. The van der Waals surface area contributed by atoms with Crippen LogP contribution in [0.15, 0.2) is 0 Å². The molecule has 0 spiro atoms. The van der Waals surface area contributed by atoms with Crippen LogP contribution in [-0.4, -0.2) is 37.0 Å². The van der Waals surface area contributed by atoms with E-state index in [1.807, 2.05) is 14.1 Å². The van der Waals surface area contributed by atoms with Gasteiger partial charge in [-0.05, 0) is 18.8 Å². The Bertz CT molecular complexity index is 213. The number of carbonyl (C=O) groups excluding carboxylic acids is 1. The lowest BCUT2D eigenvalue weighted by Crippen LogP contribution is -2.50. The van der Waals surface area contributed by atoms with E-state index in [4.69, 9.17) is 0 Å². The van der Waals surface area contributed by atoms with Crippen molar-refractivity contribution in [2.45, 2.75) is 51.6 Å². The van der Waals surface area contributed by atoms with Gasteiger partial charge in [0.25, 0.3) is 0 Å². The van der Waals surface area contributed by atoms with E-state index < -0.39 is 0 Å². The molecule has 1 aliphatic rings. The Hall–Kier alpha value is -0.280. The van der Waals surface area contributed by atoms with Crippen LogP contribution >= 0.6 is 12.4 Å². The molecule has 1 saturated carbocycles. The van der Waals surface area contributed by atoms with Gasteiger partial charge in [-0.25, -0.2) is 0 Å². The fraction of sp³-hybridized carbons (Fsp3) is 0.917. The molecule has 1 N–H and O–H groups in total. The molecule has 0 heterocycles. The van der Waals surface area contributed by atoms with Crippen LogP contribution in [0.2, 0.25) is 0 Å². The molecule has 1 amide bonds. The van der Waals surface area contributed by atoms with Gasteiger partial charge in [-0.1, -0.05) is 26.7 Å². The van der Waals surface area contributed by atoms with Crippen LogP contribution in [0.4, 0.5) is 0 Å². The number of halogens is 1. The van der Waals surface area contributed by atoms with E-state index in [-0.39, 0.29) is 24.4 Å². The van der Waals surface area contributed by atoms with Gasteiger partial charge in [0.2, 0.25) is 5.91 Å². The summed E-state index contributed by atoms with van der Waals surface area (Å²) in [6.07, 6.45) is 5.06. The van der Waals surface area contributed by atoms with Crippen molar-refractivity contribution in [3.8, 4) is 0 Å². The Morgan fingerprint density at radius 1 is 1.25 bits per heavy atom. The van der Waals surface area contributed by atoms with Crippen molar-refractivity contribution in [1.29, 1.82) is 0 Å². The zero-order valence-electron chi connectivity index (χ0n) is 10.8. The summed E-state index contributed by atoms with van der Waals surface area (Å²) in [5.41, 5.74) is 0. The average molecular weight is 249 g/mol. The maximum atomic E-state index is 11.9. The van der Waals surface area contributed by atoms with Crippen LogP contribution in [0.5, 0.6) is 0 Å². The van der Waals surface area contributed by atoms with E-state index in [0.29, 0.717) is 12.0 Å². The van der Waals surface area contributed by atoms with Gasteiger partial charge >= 0.3 is 0 Å². The van der Waals surface area contributed by atoms with Crippen molar-refractivity contribution in [2.75, 3.05) is 14.1 Å². The summed E-state index contributed by atoms with van der Waals surface area (Å²) in [6, 6.07) is 0.546. The van der Waals surface area contributed by atoms with Crippen molar-refractivity contribution < 1.29 is 4.79 Å². The maximum Gasteiger partial charge on any atom is 0.239 e. The number of hydrogen-bond acceptors (Lipinski definition) is 2. The van der Waals surface area contributed by atoms with Crippen molar-refractivity contribution in [3.05, 3.63) is 0 Å². The third kappa shape index (κ3) is 4.30. The summed E-state index contributed by atoms with van der Waals surface area (Å²) in [7, 11) is 3.65. The molecule has 4 heteroatoms. The van der Waals surface area contributed by atoms with Crippen molar-refractivity contribution >= 4 is 18.3 Å². The molecule has 1 aliphatic carbocycles. The van der Waals surface area contributed by atoms with E-state index in [0.717, 1.165) is 0 Å². The minimum atomic E-state index is -0.0110. The Morgan fingerprint density at radius 3 is 2.12 bits per heavy atom. The Kier molecular flexibility index (Phi) is 7.00. The van der Waals surface area contributed by atoms with Gasteiger partial charge in [-0.2, -0.15) is 0 Å². The van der Waals surface area contributed by atoms with Crippen LogP contribution in [0.25, 0.3) is 0 Å². The number of hydrogen-bond donors (Lipinski definition) is 1. The highest BCUT2D eigenvalue weighted by Gasteiger charge is 2.27. The van der Waals surface area contributed by atoms with Crippen molar-refractivity contribution in [3.63, 3.8) is 0 Å². The molecule has 3 nitrogen and oxygen atoms in total. The molecule has 16 heavy (non-hydrogen) atoms. The summed E-state index contributed by atoms with van der Waals surface area (Å²) in [5, 5.41) is 3.51. The smallest absolute Gasteiger partial charge is 0.239 e. The molecule has 1 atom stereocenters. The summed E-state index contributed by atoms with van der Waals surface area (Å²) >= 11 is 0. The number of nitrogens with one attached hydrogen (secondary N) is 1. The molecule has 0 aromatic carbocycles. The predicted octanol–water partition coefficient (Wildman–Crippen LogP) is 2.05. The lowest BCUT2D eigenvalue weighted by Gasteiger charge is -2.27. The Labute approximate surface area is 105 Å². The van der Waals surface area contributed by atoms with E-state index in [1.165, 1.54) is 25.7 Å². The second-order valence-corrected chi connectivity index (χ2v) is 5.10. The van der Waals surface area contributed by atoms with Crippen molar-refractivity contribution in [1.82, 2.24) is 10.2 Å². The number of carbonyl (C=O) groups is 1. The minimum Gasteiger partial charge on any atom is -0.347 e. The lowest BCUT2D eigenvalue weighted by atomic mass is 10.0. The van der Waals surface area contributed by atoms with E-state index in [9.17, 15) is 4.79 Å². The van der Waals surface area contributed by atoms with Gasteiger partial charge in [0, 0.05) is 20.1 Å². The second kappa shape index (κ2) is 7.13. The summed E-state index contributed by atoms with van der Waals surface area (Å²) in [4.78, 5) is 13.6. The first-order chi connectivity index (χ1) is 7.02. The zero-order chi connectivity index (χ0) is 11.4. The van der Waals surface area contributed by atoms with Crippen LogP contribution < -0.4 is 5.32 Å². The van der Waals surface area contributed by atoms with Gasteiger partial charge in [0.15, 0.2) is 0 Å². The number of likely N-dealkylation sites (N-methyl/N-ethyl adjacent to an activating group) is 1. The predicted molar refractivity (Wildman–Crippen MR) is 70.0 cm³/mol. The molecule has 0 saturated heterocycles. The molecule has 0 aromatic rings. The lowest BCUT2D eigenvalue weighted by molar-refractivity contribution is -0.132. The maximum absolute atomic E-state index is 11.9. The highest BCUT2D eigenvalue weighted by atomic mass is 35.5. The molecular weight excluding hydrogens is 224 g/mol. The molecule has 0 aliphatic heterocycles. The Morgan fingerprint density at radius 2 is 1.75 bits per heavy atom. The first kappa shape index (κ1) is 15.7. The second-order valence-electron chi connectivity index (χ2n) is 5.10. The normalized spacial score (nSPS) is 18.3. The molecule has 0 aromatic heterocycles. The monoisotopic (exact) mass is 248 g/mol. The molecule has 96 valence electrons. The number of rotatable bonds is 4. The van der Waals surface area contributed by atoms with Gasteiger partial charge in [-0.3, -0.25) is 4.79 Å². The van der Waals surface area contributed by atoms with Crippen molar-refractivity contribution in [2.24, 2.45) is 5.92 Å². The first-order valence-corrected chi connectivity index (χ1v) is 5.99. The topological polar surface area (TPSA) is 32.3 Å². The van der Waals surface area contributed by atoms with Crippen LogP contribution in [-0.2, 0) is 4.79 Å². The largest absolute Gasteiger partial charge is 0.347 e. The molecule has 0 bridgehead atoms. The third-order valence-electron chi connectivity index (χ3n) is 3.14. The number of nitrogens with zero attached hydrogens (tertiary/aromatic N) is 1. The van der Waals surface area contributed by atoms with Gasteiger partial charge in [0.05, 0.1) is 6.04 Å².